The number of nitrogens with zero attached hydrogens (tertiary/aromatic N) is 1. The molecule has 2 amide bonds. The Labute approximate surface area is 210 Å². The van der Waals surface area contributed by atoms with Crippen LogP contribution >= 0.6 is 0 Å². The van der Waals surface area contributed by atoms with Crippen LogP contribution in [0.4, 0.5) is 0 Å². The topological polar surface area (TPSA) is 49.4 Å². The molecule has 1 unspecified atom stereocenters. The molecule has 184 valence electrons. The first-order valence-corrected chi connectivity index (χ1v) is 12.8. The zero-order chi connectivity index (χ0) is 25.0. The molecule has 0 aliphatic rings. The summed E-state index contributed by atoms with van der Waals surface area (Å²) in [4.78, 5) is 29.0. The zero-order valence-corrected chi connectivity index (χ0v) is 21.2. The van der Waals surface area contributed by atoms with Gasteiger partial charge in [0.15, 0.2) is 0 Å². The number of hydrogen-bond acceptors (Lipinski definition) is 2. The van der Waals surface area contributed by atoms with Gasteiger partial charge in [0.2, 0.25) is 11.8 Å². The molecule has 3 aromatic carbocycles. The second kappa shape index (κ2) is 13.5. The average Bonchev–Trinajstić information content (AvgIpc) is 2.89. The fourth-order valence-electron chi connectivity index (χ4n) is 4.49. The molecule has 1 atom stereocenters. The molecule has 0 radical (unpaired) electrons. The van der Waals surface area contributed by atoms with Crippen LogP contribution in [0.15, 0.2) is 84.9 Å². The fraction of sp³-hybridized carbons (Fsp3) is 0.355. The lowest BCUT2D eigenvalue weighted by Gasteiger charge is -2.32. The number of rotatable bonds is 12. The highest BCUT2D eigenvalue weighted by atomic mass is 16.2. The summed E-state index contributed by atoms with van der Waals surface area (Å²) in [7, 11) is 0. The van der Waals surface area contributed by atoms with Crippen LogP contribution in [0.1, 0.15) is 67.7 Å². The molecule has 0 aliphatic heterocycles. The molecule has 0 bridgehead atoms. The van der Waals surface area contributed by atoms with Crippen LogP contribution in [0.2, 0.25) is 0 Å². The van der Waals surface area contributed by atoms with E-state index in [-0.39, 0.29) is 17.7 Å². The van der Waals surface area contributed by atoms with Gasteiger partial charge in [0.25, 0.3) is 0 Å². The highest BCUT2D eigenvalue weighted by Gasteiger charge is 2.31. The van der Waals surface area contributed by atoms with Crippen molar-refractivity contribution in [3.8, 4) is 0 Å². The van der Waals surface area contributed by atoms with Crippen molar-refractivity contribution in [2.24, 2.45) is 0 Å². The first-order valence-electron chi connectivity index (χ1n) is 12.8. The Morgan fingerprint density at radius 1 is 0.829 bits per heavy atom. The van der Waals surface area contributed by atoms with Crippen LogP contribution in [-0.2, 0) is 16.1 Å². The second-order valence-electron chi connectivity index (χ2n) is 9.09. The largest absolute Gasteiger partial charge is 0.354 e. The smallest absolute Gasteiger partial charge is 0.242 e. The van der Waals surface area contributed by atoms with Gasteiger partial charge in [-0.05, 0) is 42.0 Å². The number of carbonyl (C=O) groups is 2. The first-order chi connectivity index (χ1) is 17.0. The Hall–Kier alpha value is -3.40. The summed E-state index contributed by atoms with van der Waals surface area (Å²) in [5, 5.41) is 3.05. The van der Waals surface area contributed by atoms with E-state index in [1.807, 2.05) is 61.5 Å². The molecule has 0 spiro atoms. The van der Waals surface area contributed by atoms with Crippen molar-refractivity contribution >= 4 is 11.8 Å². The lowest BCUT2D eigenvalue weighted by Crippen LogP contribution is -2.49. The summed E-state index contributed by atoms with van der Waals surface area (Å²) in [6.07, 6.45) is 2.81. The number of benzene rings is 3. The van der Waals surface area contributed by atoms with Gasteiger partial charge in [0.05, 0.1) is 0 Å². The van der Waals surface area contributed by atoms with Gasteiger partial charge >= 0.3 is 0 Å². The van der Waals surface area contributed by atoms with Gasteiger partial charge in [-0.15, -0.1) is 0 Å². The standard InChI is InChI=1S/C31H38N2O2/c1-4-6-21-32-31(35)29(5-2)33(23-27-20-14-13-15-24(27)3)30(34)22-28(25-16-9-7-10-17-25)26-18-11-8-12-19-26/h7-20,28-29H,4-6,21-23H2,1-3H3,(H,32,35). The third kappa shape index (κ3) is 7.29. The van der Waals surface area contributed by atoms with Crippen LogP contribution in [-0.4, -0.2) is 29.3 Å². The van der Waals surface area contributed by atoms with Crippen LogP contribution < -0.4 is 5.32 Å². The summed E-state index contributed by atoms with van der Waals surface area (Å²) >= 11 is 0. The molecule has 0 fully saturated rings. The highest BCUT2D eigenvalue weighted by molar-refractivity contribution is 5.88. The zero-order valence-electron chi connectivity index (χ0n) is 21.2. The molecule has 0 saturated heterocycles. The van der Waals surface area contributed by atoms with Crippen molar-refractivity contribution in [1.29, 1.82) is 0 Å². The minimum absolute atomic E-state index is 0.0107. The third-order valence-electron chi connectivity index (χ3n) is 6.60. The summed E-state index contributed by atoms with van der Waals surface area (Å²) in [5.74, 6) is -0.160. The van der Waals surface area contributed by atoms with E-state index in [0.717, 1.165) is 35.1 Å². The van der Waals surface area contributed by atoms with E-state index in [0.29, 0.717) is 25.9 Å². The van der Waals surface area contributed by atoms with Crippen molar-refractivity contribution in [2.75, 3.05) is 6.54 Å². The number of unbranched alkanes of at least 4 members (excludes halogenated alkanes) is 1. The molecule has 35 heavy (non-hydrogen) atoms. The van der Waals surface area contributed by atoms with Crippen molar-refractivity contribution in [3.63, 3.8) is 0 Å². The first kappa shape index (κ1) is 26.2. The second-order valence-corrected chi connectivity index (χ2v) is 9.09. The molecule has 0 heterocycles. The van der Waals surface area contributed by atoms with Crippen molar-refractivity contribution in [3.05, 3.63) is 107 Å². The van der Waals surface area contributed by atoms with Gasteiger partial charge < -0.3 is 10.2 Å². The third-order valence-corrected chi connectivity index (χ3v) is 6.60. The predicted molar refractivity (Wildman–Crippen MR) is 143 cm³/mol. The molecule has 3 rings (SSSR count). The van der Waals surface area contributed by atoms with Crippen LogP contribution in [0.25, 0.3) is 0 Å². The Bertz CT molecular complexity index is 1030. The lowest BCUT2D eigenvalue weighted by atomic mass is 9.88. The number of amides is 2. The van der Waals surface area contributed by atoms with Gasteiger partial charge in [0, 0.05) is 25.4 Å². The minimum Gasteiger partial charge on any atom is -0.354 e. The summed E-state index contributed by atoms with van der Waals surface area (Å²) in [5.41, 5.74) is 4.39. The maximum atomic E-state index is 14.0. The van der Waals surface area contributed by atoms with Crippen LogP contribution in [0.5, 0.6) is 0 Å². The van der Waals surface area contributed by atoms with E-state index >= 15 is 0 Å². The van der Waals surface area contributed by atoms with Crippen molar-refractivity contribution in [1.82, 2.24) is 10.2 Å². The van der Waals surface area contributed by atoms with Crippen molar-refractivity contribution < 1.29 is 9.59 Å². The van der Waals surface area contributed by atoms with E-state index in [4.69, 9.17) is 0 Å². The number of hydrogen-bond donors (Lipinski definition) is 1. The predicted octanol–water partition coefficient (Wildman–Crippen LogP) is 6.24. The Kier molecular flexibility index (Phi) is 10.1. The molecule has 0 saturated carbocycles. The maximum absolute atomic E-state index is 14.0. The summed E-state index contributed by atoms with van der Waals surface area (Å²) in [6, 6.07) is 27.9. The van der Waals surface area contributed by atoms with E-state index in [1.54, 1.807) is 4.90 Å². The van der Waals surface area contributed by atoms with E-state index in [2.05, 4.69) is 49.5 Å². The highest BCUT2D eigenvalue weighted by Crippen LogP contribution is 2.30. The Morgan fingerprint density at radius 3 is 1.94 bits per heavy atom. The Balaban J connectivity index is 1.93. The van der Waals surface area contributed by atoms with Crippen LogP contribution in [0, 0.1) is 6.92 Å². The molecular weight excluding hydrogens is 432 g/mol. The summed E-state index contributed by atoms with van der Waals surface area (Å²) < 4.78 is 0. The normalized spacial score (nSPS) is 11.8. The molecule has 3 aromatic rings. The quantitative estimate of drug-likeness (QED) is 0.319. The Morgan fingerprint density at radius 2 is 1.40 bits per heavy atom. The van der Waals surface area contributed by atoms with Gasteiger partial charge in [-0.2, -0.15) is 0 Å². The number of nitrogens with one attached hydrogen (secondary N) is 1. The SMILES string of the molecule is CCCCNC(=O)C(CC)N(Cc1ccccc1C)C(=O)CC(c1ccccc1)c1ccccc1. The van der Waals surface area contributed by atoms with Crippen LogP contribution in [0.3, 0.4) is 0 Å². The number of carbonyl (C=O) groups excluding carboxylic acids is 2. The lowest BCUT2D eigenvalue weighted by molar-refractivity contribution is -0.141. The fourth-order valence-corrected chi connectivity index (χ4v) is 4.49. The van der Waals surface area contributed by atoms with Gasteiger partial charge in [0.1, 0.15) is 6.04 Å². The maximum Gasteiger partial charge on any atom is 0.242 e. The van der Waals surface area contributed by atoms with E-state index < -0.39 is 6.04 Å². The average molecular weight is 471 g/mol. The van der Waals surface area contributed by atoms with E-state index in [9.17, 15) is 9.59 Å². The molecule has 4 heteroatoms. The van der Waals surface area contributed by atoms with Gasteiger partial charge in [-0.1, -0.05) is 105 Å². The molecular formula is C31H38N2O2. The van der Waals surface area contributed by atoms with Crippen molar-refractivity contribution in [2.45, 2.75) is 65.0 Å². The van der Waals surface area contributed by atoms with Gasteiger partial charge in [-0.25, -0.2) is 0 Å². The number of aryl methyl sites for hydroxylation is 1. The van der Waals surface area contributed by atoms with E-state index in [1.165, 1.54) is 0 Å². The molecule has 0 aromatic heterocycles. The van der Waals surface area contributed by atoms with Gasteiger partial charge in [-0.3, -0.25) is 9.59 Å². The summed E-state index contributed by atoms with van der Waals surface area (Å²) in [6.45, 7) is 7.19. The molecule has 0 aliphatic carbocycles. The monoisotopic (exact) mass is 470 g/mol. The minimum atomic E-state index is -0.508. The molecule has 1 N–H and O–H groups in total. The molecule has 4 nitrogen and oxygen atoms in total.